The van der Waals surface area contributed by atoms with Gasteiger partial charge in [-0.25, -0.2) is 0 Å². The van der Waals surface area contributed by atoms with Crippen LogP contribution in [0.2, 0.25) is 0 Å². The highest BCUT2D eigenvalue weighted by Crippen LogP contribution is 2.28. The average Bonchev–Trinajstić information content (AvgIpc) is 2.23. The van der Waals surface area contributed by atoms with Crippen LogP contribution in [-0.2, 0) is 13.0 Å². The molecule has 2 unspecified atom stereocenters. The Labute approximate surface area is 99.3 Å². The molecule has 0 amide bonds. The smallest absolute Gasteiger partial charge is 0.0211 e. The molecule has 16 heavy (non-hydrogen) atoms. The molecule has 1 heteroatoms. The standard InChI is InChI=1S/C15H23N/c1-10(2)7-13-5-6-15-11(3)12(4)16-9-14(15)8-13/h5-6,8,10-12,16H,7,9H2,1-4H3. The summed E-state index contributed by atoms with van der Waals surface area (Å²) < 4.78 is 0. The molecule has 0 saturated heterocycles. The monoisotopic (exact) mass is 217 g/mol. The second-order valence-electron chi connectivity index (χ2n) is 5.59. The molecule has 1 nitrogen and oxygen atoms in total. The van der Waals surface area contributed by atoms with Gasteiger partial charge in [-0.2, -0.15) is 0 Å². The Kier molecular flexibility index (Phi) is 3.34. The van der Waals surface area contributed by atoms with Crippen LogP contribution in [-0.4, -0.2) is 6.04 Å². The first-order valence-electron chi connectivity index (χ1n) is 6.43. The van der Waals surface area contributed by atoms with Crippen LogP contribution < -0.4 is 5.32 Å². The summed E-state index contributed by atoms with van der Waals surface area (Å²) in [4.78, 5) is 0. The van der Waals surface area contributed by atoms with Crippen molar-refractivity contribution in [3.05, 3.63) is 34.9 Å². The third kappa shape index (κ3) is 2.30. The molecule has 1 N–H and O–H groups in total. The highest BCUT2D eigenvalue weighted by Gasteiger charge is 2.22. The molecule has 0 fully saturated rings. The van der Waals surface area contributed by atoms with E-state index < -0.39 is 0 Å². The van der Waals surface area contributed by atoms with Gasteiger partial charge in [0.2, 0.25) is 0 Å². The Morgan fingerprint density at radius 1 is 1.31 bits per heavy atom. The first-order valence-corrected chi connectivity index (χ1v) is 6.43. The second kappa shape index (κ2) is 4.58. The van der Waals surface area contributed by atoms with Gasteiger partial charge in [0.25, 0.3) is 0 Å². The largest absolute Gasteiger partial charge is 0.310 e. The van der Waals surface area contributed by atoms with Crippen molar-refractivity contribution in [3.63, 3.8) is 0 Å². The van der Waals surface area contributed by atoms with E-state index in [1.165, 1.54) is 17.5 Å². The number of hydrogen-bond acceptors (Lipinski definition) is 1. The van der Waals surface area contributed by atoms with Crippen molar-refractivity contribution in [3.8, 4) is 0 Å². The third-order valence-electron chi connectivity index (χ3n) is 3.71. The summed E-state index contributed by atoms with van der Waals surface area (Å²) in [5, 5.41) is 3.57. The Morgan fingerprint density at radius 3 is 2.75 bits per heavy atom. The number of benzene rings is 1. The van der Waals surface area contributed by atoms with E-state index in [0.29, 0.717) is 12.0 Å². The van der Waals surface area contributed by atoms with E-state index in [4.69, 9.17) is 0 Å². The van der Waals surface area contributed by atoms with Crippen LogP contribution in [0.4, 0.5) is 0 Å². The zero-order valence-corrected chi connectivity index (χ0v) is 10.9. The summed E-state index contributed by atoms with van der Waals surface area (Å²) in [7, 11) is 0. The fourth-order valence-corrected chi connectivity index (χ4v) is 2.57. The van der Waals surface area contributed by atoms with Gasteiger partial charge in [-0.05, 0) is 41.9 Å². The van der Waals surface area contributed by atoms with Gasteiger partial charge in [0.15, 0.2) is 0 Å². The summed E-state index contributed by atoms with van der Waals surface area (Å²) in [5.74, 6) is 1.38. The lowest BCUT2D eigenvalue weighted by Crippen LogP contribution is -2.35. The highest BCUT2D eigenvalue weighted by atomic mass is 14.9. The average molecular weight is 217 g/mol. The van der Waals surface area contributed by atoms with Crippen LogP contribution in [0.25, 0.3) is 0 Å². The molecule has 1 aliphatic heterocycles. The van der Waals surface area contributed by atoms with E-state index in [1.54, 1.807) is 5.56 Å². The number of hydrogen-bond donors (Lipinski definition) is 1. The summed E-state index contributed by atoms with van der Waals surface area (Å²) >= 11 is 0. The van der Waals surface area contributed by atoms with Crippen molar-refractivity contribution < 1.29 is 0 Å². The molecule has 0 saturated carbocycles. The SMILES string of the molecule is CC(C)Cc1ccc2c(c1)CNC(C)C2C. The molecule has 0 bridgehead atoms. The maximum Gasteiger partial charge on any atom is 0.0211 e. The van der Waals surface area contributed by atoms with E-state index in [1.807, 2.05) is 0 Å². The van der Waals surface area contributed by atoms with E-state index in [2.05, 4.69) is 51.2 Å². The van der Waals surface area contributed by atoms with Crippen LogP contribution in [0, 0.1) is 5.92 Å². The first-order chi connectivity index (χ1) is 7.58. The molecule has 2 atom stereocenters. The minimum absolute atomic E-state index is 0.600. The molecular weight excluding hydrogens is 194 g/mol. The number of rotatable bonds is 2. The van der Waals surface area contributed by atoms with E-state index in [0.717, 1.165) is 12.5 Å². The van der Waals surface area contributed by atoms with Crippen LogP contribution in [0.3, 0.4) is 0 Å². The summed E-state index contributed by atoms with van der Waals surface area (Å²) in [5.41, 5.74) is 4.53. The lowest BCUT2D eigenvalue weighted by Gasteiger charge is -2.30. The topological polar surface area (TPSA) is 12.0 Å². The minimum atomic E-state index is 0.600. The zero-order valence-electron chi connectivity index (χ0n) is 10.9. The number of nitrogens with one attached hydrogen (secondary N) is 1. The zero-order chi connectivity index (χ0) is 11.7. The van der Waals surface area contributed by atoms with Crippen molar-refractivity contribution in [2.45, 2.75) is 52.6 Å². The van der Waals surface area contributed by atoms with Gasteiger partial charge in [0, 0.05) is 12.6 Å². The lowest BCUT2D eigenvalue weighted by atomic mass is 9.85. The molecule has 0 spiro atoms. The number of fused-ring (bicyclic) bond motifs is 1. The fourth-order valence-electron chi connectivity index (χ4n) is 2.57. The van der Waals surface area contributed by atoms with Crippen molar-refractivity contribution in [2.75, 3.05) is 0 Å². The Hall–Kier alpha value is -0.820. The fraction of sp³-hybridized carbons (Fsp3) is 0.600. The van der Waals surface area contributed by atoms with Crippen LogP contribution in [0.5, 0.6) is 0 Å². The van der Waals surface area contributed by atoms with Crippen LogP contribution in [0.1, 0.15) is 50.3 Å². The molecule has 1 aromatic rings. The normalized spacial score (nSPS) is 24.6. The van der Waals surface area contributed by atoms with E-state index in [-0.39, 0.29) is 0 Å². The molecule has 0 aliphatic carbocycles. The van der Waals surface area contributed by atoms with Crippen molar-refractivity contribution in [1.29, 1.82) is 0 Å². The van der Waals surface area contributed by atoms with Crippen molar-refractivity contribution in [1.82, 2.24) is 5.32 Å². The molecule has 2 rings (SSSR count). The maximum absolute atomic E-state index is 3.57. The van der Waals surface area contributed by atoms with E-state index in [9.17, 15) is 0 Å². The summed E-state index contributed by atoms with van der Waals surface area (Å²) in [6, 6.07) is 7.65. The molecule has 0 aromatic heterocycles. The Bertz CT molecular complexity index is 368. The predicted molar refractivity (Wildman–Crippen MR) is 69.7 cm³/mol. The van der Waals surface area contributed by atoms with Gasteiger partial charge >= 0.3 is 0 Å². The van der Waals surface area contributed by atoms with Gasteiger partial charge < -0.3 is 5.32 Å². The molecule has 0 radical (unpaired) electrons. The van der Waals surface area contributed by atoms with Gasteiger partial charge in [0.05, 0.1) is 0 Å². The van der Waals surface area contributed by atoms with Crippen molar-refractivity contribution >= 4 is 0 Å². The Balaban J connectivity index is 2.26. The second-order valence-corrected chi connectivity index (χ2v) is 5.59. The molecular formula is C15H23N. The summed E-state index contributed by atoms with van der Waals surface area (Å²) in [6.45, 7) is 10.2. The van der Waals surface area contributed by atoms with Crippen LogP contribution in [0.15, 0.2) is 18.2 Å². The quantitative estimate of drug-likeness (QED) is 0.799. The third-order valence-corrected chi connectivity index (χ3v) is 3.71. The highest BCUT2D eigenvalue weighted by molar-refractivity contribution is 5.37. The van der Waals surface area contributed by atoms with Crippen molar-refractivity contribution in [2.24, 2.45) is 5.92 Å². The minimum Gasteiger partial charge on any atom is -0.310 e. The molecule has 1 aromatic carbocycles. The lowest BCUT2D eigenvalue weighted by molar-refractivity contribution is 0.448. The maximum atomic E-state index is 3.57. The molecule has 88 valence electrons. The van der Waals surface area contributed by atoms with Gasteiger partial charge in [-0.3, -0.25) is 0 Å². The predicted octanol–water partition coefficient (Wildman–Crippen LogP) is 3.48. The van der Waals surface area contributed by atoms with Gasteiger partial charge in [0.1, 0.15) is 0 Å². The molecule has 1 aliphatic rings. The molecule has 1 heterocycles. The summed E-state index contributed by atoms with van der Waals surface area (Å²) in [6.07, 6.45) is 1.19. The van der Waals surface area contributed by atoms with E-state index >= 15 is 0 Å². The Morgan fingerprint density at radius 2 is 2.06 bits per heavy atom. The van der Waals surface area contributed by atoms with Gasteiger partial charge in [-0.15, -0.1) is 0 Å². The first kappa shape index (κ1) is 11.7. The van der Waals surface area contributed by atoms with Gasteiger partial charge in [-0.1, -0.05) is 39.0 Å². The van der Waals surface area contributed by atoms with Crippen LogP contribution >= 0.6 is 0 Å².